The molecule has 4 rings (SSSR count). The Labute approximate surface area is 232 Å². The van der Waals surface area contributed by atoms with Crippen LogP contribution in [0.25, 0.3) is 0 Å². The molecule has 0 radical (unpaired) electrons. The second kappa shape index (κ2) is 13.6. The summed E-state index contributed by atoms with van der Waals surface area (Å²) in [5, 5.41) is 3.08. The zero-order valence-electron chi connectivity index (χ0n) is 23.1. The molecule has 0 saturated heterocycles. The molecular weight excluding hydrogens is 480 g/mol. The monoisotopic (exact) mass is 518 g/mol. The summed E-state index contributed by atoms with van der Waals surface area (Å²) in [6.07, 6.45) is 0.707. The van der Waals surface area contributed by atoms with E-state index in [9.17, 15) is 9.59 Å². The van der Waals surface area contributed by atoms with Crippen molar-refractivity contribution in [2.75, 3.05) is 0 Å². The number of hydrogen-bond donors (Lipinski definition) is 1. The number of carbonyl (C=O) groups excluding carboxylic acids is 2. The minimum Gasteiger partial charge on any atom is -0.352 e. The first-order chi connectivity index (χ1) is 18.9. The first kappa shape index (κ1) is 27.8. The van der Waals surface area contributed by atoms with Gasteiger partial charge in [-0.05, 0) is 43.0 Å². The summed E-state index contributed by atoms with van der Waals surface area (Å²) < 4.78 is 0. The van der Waals surface area contributed by atoms with E-state index < -0.39 is 6.04 Å². The summed E-state index contributed by atoms with van der Waals surface area (Å²) in [6, 6.07) is 37.7. The van der Waals surface area contributed by atoms with Crippen molar-refractivity contribution in [2.24, 2.45) is 0 Å². The van der Waals surface area contributed by atoms with E-state index in [2.05, 4.69) is 35.6 Å². The maximum absolute atomic E-state index is 14.4. The molecule has 1 N–H and O–H groups in total. The lowest BCUT2D eigenvalue weighted by Gasteiger charge is -2.33. The number of carbonyl (C=O) groups is 2. The molecule has 0 aliphatic carbocycles. The summed E-state index contributed by atoms with van der Waals surface area (Å²) in [5.74, 6) is -0.301. The minimum atomic E-state index is -0.644. The molecule has 0 aliphatic heterocycles. The topological polar surface area (TPSA) is 49.4 Å². The van der Waals surface area contributed by atoms with Gasteiger partial charge in [-0.15, -0.1) is 0 Å². The first-order valence-electron chi connectivity index (χ1n) is 13.7. The van der Waals surface area contributed by atoms with Gasteiger partial charge in [0, 0.05) is 31.3 Å². The zero-order chi connectivity index (χ0) is 27.6. The fraction of sp³-hybridized carbons (Fsp3) is 0.257. The lowest BCUT2D eigenvalue weighted by atomic mass is 9.87. The summed E-state index contributed by atoms with van der Waals surface area (Å²) in [4.78, 5) is 29.8. The van der Waals surface area contributed by atoms with Crippen molar-refractivity contribution in [2.45, 2.75) is 58.2 Å². The van der Waals surface area contributed by atoms with Gasteiger partial charge in [0.25, 0.3) is 0 Å². The van der Waals surface area contributed by atoms with Crippen LogP contribution in [-0.4, -0.2) is 28.8 Å². The van der Waals surface area contributed by atoms with Gasteiger partial charge in [0.15, 0.2) is 0 Å². The Kier molecular flexibility index (Phi) is 9.69. The molecule has 2 amide bonds. The van der Waals surface area contributed by atoms with Crippen molar-refractivity contribution in [1.82, 2.24) is 10.2 Å². The van der Waals surface area contributed by atoms with Gasteiger partial charge in [-0.2, -0.15) is 0 Å². The Morgan fingerprint density at radius 3 is 1.79 bits per heavy atom. The highest BCUT2D eigenvalue weighted by atomic mass is 16.2. The Morgan fingerprint density at radius 1 is 0.718 bits per heavy atom. The molecule has 4 nitrogen and oxygen atoms in total. The number of nitrogens with zero attached hydrogens (tertiary/aromatic N) is 1. The van der Waals surface area contributed by atoms with Crippen molar-refractivity contribution < 1.29 is 9.59 Å². The molecule has 4 heteroatoms. The summed E-state index contributed by atoms with van der Waals surface area (Å²) in [6.45, 7) is 6.30. The molecule has 0 fully saturated rings. The van der Waals surface area contributed by atoms with Crippen molar-refractivity contribution in [3.63, 3.8) is 0 Å². The van der Waals surface area contributed by atoms with Crippen LogP contribution in [0.4, 0.5) is 0 Å². The van der Waals surface area contributed by atoms with E-state index in [1.165, 1.54) is 0 Å². The van der Waals surface area contributed by atoms with Gasteiger partial charge in [0.05, 0.1) is 0 Å². The third-order valence-corrected chi connectivity index (χ3v) is 6.92. The van der Waals surface area contributed by atoms with Crippen LogP contribution in [0.1, 0.15) is 54.0 Å². The highest BCUT2D eigenvalue weighted by Gasteiger charge is 2.32. The summed E-state index contributed by atoms with van der Waals surface area (Å²) in [7, 11) is 0. The number of aryl methyl sites for hydroxylation is 1. The van der Waals surface area contributed by atoms with Crippen LogP contribution in [0.3, 0.4) is 0 Å². The van der Waals surface area contributed by atoms with Crippen LogP contribution in [-0.2, 0) is 22.6 Å². The molecule has 1 atom stereocenters. The standard InChI is InChI=1S/C35H38N2O2/c1-26(2)36-35(39)33(23-28-15-7-4-8-16-28)37(25-29-17-13-14-27(3)22-29)34(38)24-32(30-18-9-5-10-19-30)31-20-11-6-12-21-31/h4-22,26,32-33H,23-25H2,1-3H3,(H,36,39)/t33-/m1/s1. The number of rotatable bonds is 11. The molecule has 0 saturated carbocycles. The van der Waals surface area contributed by atoms with Crippen LogP contribution in [0, 0.1) is 6.92 Å². The Morgan fingerprint density at radius 2 is 1.26 bits per heavy atom. The highest BCUT2D eigenvalue weighted by molar-refractivity contribution is 5.88. The normalized spacial score (nSPS) is 11.8. The number of benzene rings is 4. The van der Waals surface area contributed by atoms with Crippen LogP contribution in [0.2, 0.25) is 0 Å². The summed E-state index contributed by atoms with van der Waals surface area (Å²) in [5.41, 5.74) is 5.32. The number of amides is 2. The van der Waals surface area contributed by atoms with E-state index in [0.29, 0.717) is 13.0 Å². The quantitative estimate of drug-likeness (QED) is 0.241. The molecule has 0 bridgehead atoms. The molecule has 0 aliphatic rings. The molecule has 0 heterocycles. The Balaban J connectivity index is 1.73. The van der Waals surface area contributed by atoms with Crippen LogP contribution < -0.4 is 5.32 Å². The van der Waals surface area contributed by atoms with E-state index in [0.717, 1.165) is 27.8 Å². The molecule has 39 heavy (non-hydrogen) atoms. The van der Waals surface area contributed by atoms with Gasteiger partial charge in [-0.1, -0.05) is 121 Å². The van der Waals surface area contributed by atoms with Gasteiger partial charge < -0.3 is 10.2 Å². The lowest BCUT2D eigenvalue weighted by Crippen LogP contribution is -2.52. The molecule has 0 aromatic heterocycles. The fourth-order valence-electron chi connectivity index (χ4n) is 5.03. The van der Waals surface area contributed by atoms with Gasteiger partial charge in [-0.3, -0.25) is 9.59 Å². The largest absolute Gasteiger partial charge is 0.352 e. The zero-order valence-corrected chi connectivity index (χ0v) is 23.1. The van der Waals surface area contributed by atoms with Gasteiger partial charge in [0.2, 0.25) is 11.8 Å². The third-order valence-electron chi connectivity index (χ3n) is 6.92. The lowest BCUT2D eigenvalue weighted by molar-refractivity contribution is -0.141. The molecular formula is C35H38N2O2. The van der Waals surface area contributed by atoms with E-state index in [-0.39, 0.29) is 30.2 Å². The predicted molar refractivity (Wildman–Crippen MR) is 158 cm³/mol. The van der Waals surface area contributed by atoms with Crippen LogP contribution in [0.15, 0.2) is 115 Å². The SMILES string of the molecule is Cc1cccc(CN(C(=O)CC(c2ccccc2)c2ccccc2)[C@H](Cc2ccccc2)C(=O)NC(C)C)c1. The summed E-state index contributed by atoms with van der Waals surface area (Å²) >= 11 is 0. The maximum Gasteiger partial charge on any atom is 0.243 e. The second-order valence-corrected chi connectivity index (χ2v) is 10.5. The van der Waals surface area contributed by atoms with Gasteiger partial charge in [0.1, 0.15) is 6.04 Å². The van der Waals surface area contributed by atoms with Crippen LogP contribution in [0.5, 0.6) is 0 Å². The van der Waals surface area contributed by atoms with Crippen molar-refractivity contribution in [1.29, 1.82) is 0 Å². The Hall–Kier alpha value is -4.18. The molecule has 4 aromatic carbocycles. The average molecular weight is 519 g/mol. The second-order valence-electron chi connectivity index (χ2n) is 10.5. The number of nitrogens with one attached hydrogen (secondary N) is 1. The highest BCUT2D eigenvalue weighted by Crippen LogP contribution is 2.30. The first-order valence-corrected chi connectivity index (χ1v) is 13.7. The van der Waals surface area contributed by atoms with E-state index in [1.807, 2.05) is 106 Å². The van der Waals surface area contributed by atoms with E-state index in [4.69, 9.17) is 0 Å². The maximum atomic E-state index is 14.4. The average Bonchev–Trinajstić information content (AvgIpc) is 2.94. The van der Waals surface area contributed by atoms with Gasteiger partial charge >= 0.3 is 0 Å². The third kappa shape index (κ3) is 7.90. The smallest absolute Gasteiger partial charge is 0.243 e. The molecule has 0 spiro atoms. The molecule has 200 valence electrons. The fourth-order valence-corrected chi connectivity index (χ4v) is 5.03. The van der Waals surface area contributed by atoms with Gasteiger partial charge in [-0.25, -0.2) is 0 Å². The van der Waals surface area contributed by atoms with Crippen LogP contribution >= 0.6 is 0 Å². The predicted octanol–water partition coefficient (Wildman–Crippen LogP) is 6.68. The van der Waals surface area contributed by atoms with Crippen molar-refractivity contribution in [3.8, 4) is 0 Å². The van der Waals surface area contributed by atoms with Crippen molar-refractivity contribution in [3.05, 3.63) is 143 Å². The van der Waals surface area contributed by atoms with E-state index >= 15 is 0 Å². The molecule has 0 unspecified atom stereocenters. The molecule has 4 aromatic rings. The Bertz CT molecular complexity index is 1300. The van der Waals surface area contributed by atoms with Crippen molar-refractivity contribution >= 4 is 11.8 Å². The number of hydrogen-bond acceptors (Lipinski definition) is 2. The minimum absolute atomic E-state index is 0.0342. The van der Waals surface area contributed by atoms with E-state index in [1.54, 1.807) is 4.90 Å².